The second-order valence-electron chi connectivity index (χ2n) is 5.75. The van der Waals surface area contributed by atoms with Gasteiger partial charge in [-0.2, -0.15) is 0 Å². The summed E-state index contributed by atoms with van der Waals surface area (Å²) in [4.78, 5) is 0. The lowest BCUT2D eigenvalue weighted by molar-refractivity contribution is 0.340. The first-order chi connectivity index (χ1) is 9.71. The van der Waals surface area contributed by atoms with Crippen molar-refractivity contribution in [1.82, 2.24) is 5.32 Å². The van der Waals surface area contributed by atoms with Crippen LogP contribution in [0, 0.1) is 5.92 Å². The van der Waals surface area contributed by atoms with E-state index >= 15 is 0 Å². The van der Waals surface area contributed by atoms with Crippen molar-refractivity contribution in [3.05, 3.63) is 34.9 Å². The highest BCUT2D eigenvalue weighted by Gasteiger charge is 2.22. The van der Waals surface area contributed by atoms with Gasteiger partial charge in [-0.05, 0) is 48.4 Å². The largest absolute Gasteiger partial charge is 0.310 e. The Morgan fingerprint density at radius 2 is 1.65 bits per heavy atom. The van der Waals surface area contributed by atoms with Crippen LogP contribution >= 0.6 is 0 Å². The average Bonchev–Trinajstić information content (AvgIpc) is 2.50. The van der Waals surface area contributed by atoms with Crippen LogP contribution in [0.1, 0.15) is 76.6 Å². The summed E-state index contributed by atoms with van der Waals surface area (Å²) in [5, 5.41) is 3.81. The lowest BCUT2D eigenvalue weighted by Gasteiger charge is -2.29. The quantitative estimate of drug-likeness (QED) is 0.646. The van der Waals surface area contributed by atoms with Gasteiger partial charge in [0.15, 0.2) is 0 Å². The van der Waals surface area contributed by atoms with E-state index in [1.54, 1.807) is 5.56 Å². The molecule has 1 atom stereocenters. The van der Waals surface area contributed by atoms with Crippen LogP contribution in [-0.2, 0) is 12.8 Å². The van der Waals surface area contributed by atoms with Crippen molar-refractivity contribution in [3.63, 3.8) is 0 Å². The summed E-state index contributed by atoms with van der Waals surface area (Å²) in [6.45, 7) is 12.5. The number of rotatable bonds is 9. The molecule has 0 aliphatic heterocycles. The van der Waals surface area contributed by atoms with Gasteiger partial charge in [0.2, 0.25) is 0 Å². The molecule has 20 heavy (non-hydrogen) atoms. The van der Waals surface area contributed by atoms with Crippen LogP contribution in [0.15, 0.2) is 18.2 Å². The maximum atomic E-state index is 3.81. The predicted molar refractivity (Wildman–Crippen MR) is 90.3 cm³/mol. The van der Waals surface area contributed by atoms with Crippen molar-refractivity contribution in [2.24, 2.45) is 5.92 Å². The van der Waals surface area contributed by atoms with E-state index < -0.39 is 0 Å². The zero-order chi connectivity index (χ0) is 15.0. The summed E-state index contributed by atoms with van der Waals surface area (Å²) in [5.74, 6) is 0.735. The highest BCUT2D eigenvalue weighted by molar-refractivity contribution is 5.35. The fourth-order valence-corrected chi connectivity index (χ4v) is 3.07. The van der Waals surface area contributed by atoms with Gasteiger partial charge >= 0.3 is 0 Å². The summed E-state index contributed by atoms with van der Waals surface area (Å²) in [7, 11) is 0. The third-order valence-electron chi connectivity index (χ3n) is 4.47. The summed E-state index contributed by atoms with van der Waals surface area (Å²) in [6.07, 6.45) is 5.95. The molecule has 1 aromatic rings. The standard InChI is InChI=1S/C19H33N/c1-6-13-20-19(16(8-3)9-4)18-14-15(7-2)11-12-17(18)10-5/h11-12,14,16,19-20H,6-10,13H2,1-5H3. The molecule has 1 N–H and O–H groups in total. The highest BCUT2D eigenvalue weighted by atomic mass is 14.9. The van der Waals surface area contributed by atoms with Crippen LogP contribution in [0.4, 0.5) is 0 Å². The van der Waals surface area contributed by atoms with Crippen LogP contribution < -0.4 is 5.32 Å². The van der Waals surface area contributed by atoms with Crippen LogP contribution in [0.3, 0.4) is 0 Å². The summed E-state index contributed by atoms with van der Waals surface area (Å²) in [5.41, 5.74) is 4.53. The van der Waals surface area contributed by atoms with Gasteiger partial charge in [-0.15, -0.1) is 0 Å². The molecule has 0 fully saturated rings. The second kappa shape index (κ2) is 9.18. The van der Waals surface area contributed by atoms with Gasteiger partial charge in [-0.25, -0.2) is 0 Å². The number of hydrogen-bond acceptors (Lipinski definition) is 1. The van der Waals surface area contributed by atoms with Crippen molar-refractivity contribution in [2.75, 3.05) is 6.54 Å². The summed E-state index contributed by atoms with van der Waals surface area (Å²) in [6, 6.07) is 7.61. The minimum absolute atomic E-state index is 0.520. The molecule has 1 heteroatoms. The molecule has 0 heterocycles. The molecule has 0 aromatic heterocycles. The Hall–Kier alpha value is -0.820. The Bertz CT molecular complexity index is 379. The second-order valence-corrected chi connectivity index (χ2v) is 5.75. The van der Waals surface area contributed by atoms with Crippen molar-refractivity contribution >= 4 is 0 Å². The van der Waals surface area contributed by atoms with Crippen molar-refractivity contribution in [2.45, 2.75) is 72.8 Å². The maximum Gasteiger partial charge on any atom is 0.0351 e. The molecule has 0 saturated carbocycles. The molecule has 0 radical (unpaired) electrons. The van der Waals surface area contributed by atoms with Gasteiger partial charge in [0.05, 0.1) is 0 Å². The number of hydrogen-bond donors (Lipinski definition) is 1. The monoisotopic (exact) mass is 275 g/mol. The summed E-state index contributed by atoms with van der Waals surface area (Å²) < 4.78 is 0. The molecule has 0 spiro atoms. The van der Waals surface area contributed by atoms with Crippen LogP contribution in [0.2, 0.25) is 0 Å². The molecule has 1 aromatic carbocycles. The SMILES string of the molecule is CCCNC(c1cc(CC)ccc1CC)C(CC)CC. The fourth-order valence-electron chi connectivity index (χ4n) is 3.07. The van der Waals surface area contributed by atoms with E-state index in [1.165, 1.54) is 30.4 Å². The third kappa shape index (κ3) is 4.34. The smallest absolute Gasteiger partial charge is 0.0351 e. The Labute approximate surface area is 126 Å². The normalized spacial score (nSPS) is 12.9. The molecule has 0 aliphatic carbocycles. The van der Waals surface area contributed by atoms with Crippen LogP contribution in [0.5, 0.6) is 0 Å². The van der Waals surface area contributed by atoms with Gasteiger partial charge in [-0.1, -0.05) is 65.7 Å². The highest BCUT2D eigenvalue weighted by Crippen LogP contribution is 2.31. The average molecular weight is 275 g/mol. The van der Waals surface area contributed by atoms with E-state index in [0.29, 0.717) is 6.04 Å². The van der Waals surface area contributed by atoms with Gasteiger partial charge in [-0.3, -0.25) is 0 Å². The lowest BCUT2D eigenvalue weighted by Crippen LogP contribution is -2.29. The molecular weight excluding hydrogens is 242 g/mol. The molecule has 1 unspecified atom stereocenters. The Morgan fingerprint density at radius 3 is 2.15 bits per heavy atom. The zero-order valence-electron chi connectivity index (χ0n) is 14.1. The Kier molecular flexibility index (Phi) is 7.91. The number of aryl methyl sites for hydroxylation is 2. The van der Waals surface area contributed by atoms with Crippen LogP contribution in [-0.4, -0.2) is 6.54 Å². The third-order valence-corrected chi connectivity index (χ3v) is 4.47. The van der Waals surface area contributed by atoms with Crippen molar-refractivity contribution in [3.8, 4) is 0 Å². The van der Waals surface area contributed by atoms with Gasteiger partial charge in [0.1, 0.15) is 0 Å². The minimum Gasteiger partial charge on any atom is -0.310 e. The Morgan fingerprint density at radius 1 is 0.950 bits per heavy atom. The molecule has 0 amide bonds. The molecule has 1 nitrogen and oxygen atoms in total. The lowest BCUT2D eigenvalue weighted by atomic mass is 9.85. The van der Waals surface area contributed by atoms with E-state index in [2.05, 4.69) is 58.1 Å². The maximum absolute atomic E-state index is 3.81. The molecule has 0 saturated heterocycles. The minimum atomic E-state index is 0.520. The molecule has 1 rings (SSSR count). The number of benzene rings is 1. The van der Waals surface area contributed by atoms with E-state index in [0.717, 1.165) is 25.3 Å². The van der Waals surface area contributed by atoms with Gasteiger partial charge in [0, 0.05) is 6.04 Å². The van der Waals surface area contributed by atoms with E-state index in [4.69, 9.17) is 0 Å². The summed E-state index contributed by atoms with van der Waals surface area (Å²) >= 11 is 0. The van der Waals surface area contributed by atoms with E-state index in [-0.39, 0.29) is 0 Å². The van der Waals surface area contributed by atoms with Crippen molar-refractivity contribution in [1.29, 1.82) is 0 Å². The first-order valence-corrected chi connectivity index (χ1v) is 8.56. The molecule has 0 bridgehead atoms. The van der Waals surface area contributed by atoms with Crippen LogP contribution in [0.25, 0.3) is 0 Å². The zero-order valence-corrected chi connectivity index (χ0v) is 14.1. The molecule has 0 aliphatic rings. The first-order valence-electron chi connectivity index (χ1n) is 8.56. The first kappa shape index (κ1) is 17.2. The van der Waals surface area contributed by atoms with Gasteiger partial charge < -0.3 is 5.32 Å². The number of nitrogens with one attached hydrogen (secondary N) is 1. The Balaban J connectivity index is 3.15. The van der Waals surface area contributed by atoms with Crippen molar-refractivity contribution < 1.29 is 0 Å². The molecule has 114 valence electrons. The van der Waals surface area contributed by atoms with E-state index in [1.807, 2.05) is 0 Å². The fraction of sp³-hybridized carbons (Fsp3) is 0.684. The predicted octanol–water partition coefficient (Wildman–Crippen LogP) is 5.29. The topological polar surface area (TPSA) is 12.0 Å². The van der Waals surface area contributed by atoms with E-state index in [9.17, 15) is 0 Å². The molecular formula is C19H33N. The van der Waals surface area contributed by atoms with Gasteiger partial charge in [0.25, 0.3) is 0 Å².